The van der Waals surface area contributed by atoms with Crippen molar-refractivity contribution in [3.63, 3.8) is 0 Å². The van der Waals surface area contributed by atoms with E-state index in [1.54, 1.807) is 6.92 Å². The van der Waals surface area contributed by atoms with Gasteiger partial charge in [0.1, 0.15) is 18.5 Å². The zero-order chi connectivity index (χ0) is 9.52. The third-order valence-electron chi connectivity index (χ3n) is 1.52. The lowest BCUT2D eigenvalue weighted by atomic mass is 10.3. The van der Waals surface area contributed by atoms with E-state index < -0.39 is 0 Å². The van der Waals surface area contributed by atoms with Crippen molar-refractivity contribution in [3.8, 4) is 5.75 Å². The number of carbonyl (C=O) groups excluding carboxylic acids is 1. The summed E-state index contributed by atoms with van der Waals surface area (Å²) >= 11 is 0. The fourth-order valence-corrected chi connectivity index (χ4v) is 0.864. The van der Waals surface area contributed by atoms with Gasteiger partial charge < -0.3 is 9.47 Å². The van der Waals surface area contributed by atoms with Crippen LogP contribution >= 0.6 is 0 Å². The highest BCUT2D eigenvalue weighted by Gasteiger charge is 2.01. The van der Waals surface area contributed by atoms with E-state index in [4.69, 9.17) is 4.74 Å². The minimum absolute atomic E-state index is 0.210. The summed E-state index contributed by atoms with van der Waals surface area (Å²) in [5, 5.41) is 0. The molecule has 0 fully saturated rings. The second kappa shape index (κ2) is 5.19. The number of hydrogen-bond acceptors (Lipinski definition) is 3. The van der Waals surface area contributed by atoms with Gasteiger partial charge in [0.25, 0.3) is 6.47 Å². The number of hydrogen-bond donors (Lipinski definition) is 0. The molecule has 13 heavy (non-hydrogen) atoms. The lowest BCUT2D eigenvalue weighted by molar-refractivity contribution is -0.134. The molecule has 0 radical (unpaired) electrons. The Morgan fingerprint density at radius 2 is 2.08 bits per heavy atom. The van der Waals surface area contributed by atoms with Gasteiger partial charge in [0.15, 0.2) is 0 Å². The maximum Gasteiger partial charge on any atom is 0.293 e. The first-order valence-corrected chi connectivity index (χ1v) is 4.10. The number of benzene rings is 1. The second-order valence-electron chi connectivity index (χ2n) is 2.67. The maximum atomic E-state index is 9.95. The minimum atomic E-state index is -0.210. The lowest BCUT2D eigenvalue weighted by Gasteiger charge is -2.10. The molecule has 0 heterocycles. The average Bonchev–Trinajstić information content (AvgIpc) is 2.17. The van der Waals surface area contributed by atoms with Gasteiger partial charge in [0.2, 0.25) is 0 Å². The van der Waals surface area contributed by atoms with E-state index in [1.807, 2.05) is 30.3 Å². The molecule has 0 aromatic heterocycles. The molecule has 1 aromatic rings. The van der Waals surface area contributed by atoms with Crippen LogP contribution in [-0.2, 0) is 9.53 Å². The van der Waals surface area contributed by atoms with Gasteiger partial charge in [-0.25, -0.2) is 0 Å². The molecular formula is C10H12O3. The van der Waals surface area contributed by atoms with Crippen molar-refractivity contribution in [1.29, 1.82) is 0 Å². The number of ether oxygens (including phenoxy) is 2. The van der Waals surface area contributed by atoms with Gasteiger partial charge in [0, 0.05) is 0 Å². The van der Waals surface area contributed by atoms with Gasteiger partial charge in [-0.15, -0.1) is 0 Å². The Morgan fingerprint density at radius 1 is 1.38 bits per heavy atom. The first kappa shape index (κ1) is 9.58. The number of rotatable bonds is 5. The minimum Gasteiger partial charge on any atom is -0.490 e. The average molecular weight is 180 g/mol. The van der Waals surface area contributed by atoms with Crippen LogP contribution in [0.3, 0.4) is 0 Å². The molecule has 0 N–H and O–H groups in total. The van der Waals surface area contributed by atoms with Gasteiger partial charge in [-0.05, 0) is 19.1 Å². The highest BCUT2D eigenvalue weighted by Crippen LogP contribution is 2.08. The van der Waals surface area contributed by atoms with Crippen molar-refractivity contribution < 1.29 is 14.3 Å². The van der Waals surface area contributed by atoms with Crippen LogP contribution in [0.15, 0.2) is 30.3 Å². The Bertz CT molecular complexity index is 246. The van der Waals surface area contributed by atoms with Gasteiger partial charge in [-0.2, -0.15) is 0 Å². The van der Waals surface area contributed by atoms with Crippen LogP contribution in [0.25, 0.3) is 0 Å². The van der Waals surface area contributed by atoms with Gasteiger partial charge in [0.05, 0.1) is 0 Å². The van der Waals surface area contributed by atoms with Gasteiger partial charge >= 0.3 is 0 Å². The fourth-order valence-electron chi connectivity index (χ4n) is 0.864. The topological polar surface area (TPSA) is 35.5 Å². The van der Waals surface area contributed by atoms with Crippen LogP contribution in [0.1, 0.15) is 6.92 Å². The molecule has 0 bridgehead atoms. The van der Waals surface area contributed by atoms with E-state index in [-0.39, 0.29) is 6.10 Å². The zero-order valence-corrected chi connectivity index (χ0v) is 7.47. The number of carbonyl (C=O) groups is 1. The van der Waals surface area contributed by atoms with Crippen molar-refractivity contribution in [3.05, 3.63) is 30.3 Å². The summed E-state index contributed by atoms with van der Waals surface area (Å²) in [7, 11) is 0. The monoisotopic (exact) mass is 180 g/mol. The summed E-state index contributed by atoms with van der Waals surface area (Å²) in [6.45, 7) is 2.58. The Morgan fingerprint density at radius 3 is 2.69 bits per heavy atom. The van der Waals surface area contributed by atoms with E-state index in [0.717, 1.165) is 5.75 Å². The standard InChI is InChI=1S/C10H12O3/c1-9(13-8-11)7-12-10-5-3-2-4-6-10/h2-6,8-9H,7H2,1H3/t9-/m1/s1. The molecule has 70 valence electrons. The predicted molar refractivity (Wildman–Crippen MR) is 48.5 cm³/mol. The van der Waals surface area contributed by atoms with E-state index in [9.17, 15) is 4.79 Å². The Kier molecular flexibility index (Phi) is 3.82. The Labute approximate surface area is 77.3 Å². The van der Waals surface area contributed by atoms with E-state index in [1.165, 1.54) is 0 Å². The summed E-state index contributed by atoms with van der Waals surface area (Å²) in [4.78, 5) is 9.95. The van der Waals surface area contributed by atoms with E-state index >= 15 is 0 Å². The molecule has 0 amide bonds. The molecule has 0 unspecified atom stereocenters. The van der Waals surface area contributed by atoms with Crippen molar-refractivity contribution in [2.45, 2.75) is 13.0 Å². The van der Waals surface area contributed by atoms with E-state index in [0.29, 0.717) is 13.1 Å². The summed E-state index contributed by atoms with van der Waals surface area (Å²) in [5.74, 6) is 0.781. The molecule has 0 aliphatic rings. The van der Waals surface area contributed by atoms with Crippen molar-refractivity contribution in [1.82, 2.24) is 0 Å². The molecule has 1 aromatic carbocycles. The van der Waals surface area contributed by atoms with Crippen LogP contribution in [0.4, 0.5) is 0 Å². The normalized spacial score (nSPS) is 11.8. The van der Waals surface area contributed by atoms with Gasteiger partial charge in [-0.1, -0.05) is 18.2 Å². The summed E-state index contributed by atoms with van der Waals surface area (Å²) in [6, 6.07) is 9.40. The first-order chi connectivity index (χ1) is 6.33. The quantitative estimate of drug-likeness (QED) is 0.646. The highest BCUT2D eigenvalue weighted by molar-refractivity contribution is 5.37. The van der Waals surface area contributed by atoms with Crippen molar-refractivity contribution in [2.75, 3.05) is 6.61 Å². The fraction of sp³-hybridized carbons (Fsp3) is 0.300. The van der Waals surface area contributed by atoms with Crippen LogP contribution < -0.4 is 4.74 Å². The molecule has 3 nitrogen and oxygen atoms in total. The predicted octanol–water partition coefficient (Wildman–Crippen LogP) is 1.63. The summed E-state index contributed by atoms with van der Waals surface area (Å²) < 4.78 is 9.99. The molecule has 0 aliphatic heterocycles. The molecule has 0 saturated heterocycles. The third-order valence-corrected chi connectivity index (χ3v) is 1.52. The zero-order valence-electron chi connectivity index (χ0n) is 7.47. The van der Waals surface area contributed by atoms with Crippen LogP contribution in [0, 0.1) is 0 Å². The lowest BCUT2D eigenvalue weighted by Crippen LogP contribution is -2.17. The smallest absolute Gasteiger partial charge is 0.293 e. The SMILES string of the molecule is C[C@H](COc1ccccc1)OC=O. The Hall–Kier alpha value is -1.51. The summed E-state index contributed by atoms with van der Waals surface area (Å²) in [6.07, 6.45) is -0.210. The maximum absolute atomic E-state index is 9.95. The molecule has 3 heteroatoms. The largest absolute Gasteiger partial charge is 0.490 e. The number of para-hydroxylation sites is 1. The molecule has 0 saturated carbocycles. The highest BCUT2D eigenvalue weighted by atomic mass is 16.6. The third kappa shape index (κ3) is 3.60. The molecule has 0 spiro atoms. The van der Waals surface area contributed by atoms with Crippen LogP contribution in [-0.4, -0.2) is 19.2 Å². The van der Waals surface area contributed by atoms with Crippen LogP contribution in [0.5, 0.6) is 5.75 Å². The molecule has 0 aliphatic carbocycles. The van der Waals surface area contributed by atoms with E-state index in [2.05, 4.69) is 4.74 Å². The van der Waals surface area contributed by atoms with Crippen molar-refractivity contribution >= 4 is 6.47 Å². The molecule has 1 rings (SSSR count). The Balaban J connectivity index is 2.30. The second-order valence-corrected chi connectivity index (χ2v) is 2.67. The first-order valence-electron chi connectivity index (χ1n) is 4.10. The van der Waals surface area contributed by atoms with Crippen molar-refractivity contribution in [2.24, 2.45) is 0 Å². The summed E-state index contributed by atoms with van der Waals surface area (Å²) in [5.41, 5.74) is 0. The molecule has 1 atom stereocenters. The van der Waals surface area contributed by atoms with Crippen LogP contribution in [0.2, 0.25) is 0 Å². The molecular weight excluding hydrogens is 168 g/mol. The van der Waals surface area contributed by atoms with Gasteiger partial charge in [-0.3, -0.25) is 4.79 Å².